The van der Waals surface area contributed by atoms with Crippen molar-refractivity contribution in [2.45, 2.75) is 6.04 Å². The van der Waals surface area contributed by atoms with E-state index in [-0.39, 0.29) is 18.9 Å². The molecule has 0 aliphatic carbocycles. The van der Waals surface area contributed by atoms with Crippen molar-refractivity contribution in [3.8, 4) is 5.69 Å². The van der Waals surface area contributed by atoms with Gasteiger partial charge in [-0.3, -0.25) is 4.79 Å². The van der Waals surface area contributed by atoms with E-state index in [1.807, 2.05) is 30.3 Å². The van der Waals surface area contributed by atoms with E-state index in [2.05, 4.69) is 15.5 Å². The lowest BCUT2D eigenvalue weighted by atomic mass is 10.3. The number of benzene rings is 1. The summed E-state index contributed by atoms with van der Waals surface area (Å²) in [5.41, 5.74) is 0.859. The molecule has 0 aliphatic rings. The second-order valence-corrected chi connectivity index (χ2v) is 3.89. The molecule has 1 heterocycles. The number of nitrogens with one attached hydrogen (secondary N) is 1. The summed E-state index contributed by atoms with van der Waals surface area (Å²) in [6.45, 7) is -0.676. The highest BCUT2D eigenvalue weighted by Gasteiger charge is 2.15. The van der Waals surface area contributed by atoms with Crippen LogP contribution in [0.5, 0.6) is 0 Å². The van der Waals surface area contributed by atoms with Gasteiger partial charge < -0.3 is 15.5 Å². The first-order valence-corrected chi connectivity index (χ1v) is 5.75. The molecule has 0 fully saturated rings. The molecule has 1 aromatic carbocycles. The Kier molecular flexibility index (Phi) is 4.22. The summed E-state index contributed by atoms with van der Waals surface area (Å²) in [5.74, 6) is -0.490. The van der Waals surface area contributed by atoms with Gasteiger partial charge in [-0.15, -0.1) is 5.10 Å². The molecule has 0 atom stereocenters. The maximum absolute atomic E-state index is 11.8. The van der Waals surface area contributed by atoms with Crippen LogP contribution in [-0.4, -0.2) is 50.4 Å². The first-order chi connectivity index (χ1) is 9.24. The fraction of sp³-hybridized carbons (Fsp3) is 0.250. The molecule has 7 nitrogen and oxygen atoms in total. The second kappa shape index (κ2) is 6.07. The molecular formula is C12H14N4O3. The van der Waals surface area contributed by atoms with Crippen molar-refractivity contribution in [3.05, 3.63) is 42.2 Å². The number of carbonyl (C=O) groups is 1. The van der Waals surface area contributed by atoms with Crippen LogP contribution in [-0.2, 0) is 0 Å². The Balaban J connectivity index is 2.11. The Hall–Kier alpha value is -2.25. The highest BCUT2D eigenvalue weighted by molar-refractivity contribution is 5.92. The maximum atomic E-state index is 11.8. The van der Waals surface area contributed by atoms with Gasteiger partial charge in [-0.1, -0.05) is 18.2 Å². The smallest absolute Gasteiger partial charge is 0.273 e. The first kappa shape index (κ1) is 13.2. The molecule has 0 spiro atoms. The molecule has 0 radical (unpaired) electrons. The van der Waals surface area contributed by atoms with Crippen molar-refractivity contribution in [3.63, 3.8) is 0 Å². The largest absolute Gasteiger partial charge is 0.394 e. The molecule has 100 valence electrons. The Morgan fingerprint density at radius 1 is 1.26 bits per heavy atom. The molecular weight excluding hydrogens is 248 g/mol. The van der Waals surface area contributed by atoms with Gasteiger partial charge in [-0.05, 0) is 12.1 Å². The summed E-state index contributed by atoms with van der Waals surface area (Å²) >= 11 is 0. The fourth-order valence-electron chi connectivity index (χ4n) is 1.46. The summed E-state index contributed by atoms with van der Waals surface area (Å²) < 4.78 is 0. The van der Waals surface area contributed by atoms with Gasteiger partial charge in [0.05, 0.1) is 31.1 Å². The number of amides is 1. The summed E-state index contributed by atoms with van der Waals surface area (Å²) in [7, 11) is 0. The van der Waals surface area contributed by atoms with Crippen LogP contribution in [0.15, 0.2) is 36.5 Å². The van der Waals surface area contributed by atoms with Gasteiger partial charge in [0.2, 0.25) is 0 Å². The summed E-state index contributed by atoms with van der Waals surface area (Å²) in [6, 6.07) is 8.47. The molecule has 2 rings (SSSR count). The number of aliphatic hydroxyl groups is 2. The molecule has 0 saturated heterocycles. The average Bonchev–Trinajstić information content (AvgIpc) is 2.95. The summed E-state index contributed by atoms with van der Waals surface area (Å²) in [6.07, 6.45) is 1.33. The number of para-hydroxylation sites is 1. The Bertz CT molecular complexity index is 537. The zero-order chi connectivity index (χ0) is 13.7. The molecule has 2 aromatic rings. The highest BCUT2D eigenvalue weighted by atomic mass is 16.3. The quantitative estimate of drug-likeness (QED) is 0.665. The topological polar surface area (TPSA) is 100 Å². The van der Waals surface area contributed by atoms with Crippen LogP contribution in [0.25, 0.3) is 5.69 Å². The monoisotopic (exact) mass is 262 g/mol. The zero-order valence-corrected chi connectivity index (χ0v) is 10.1. The second-order valence-electron chi connectivity index (χ2n) is 3.89. The van der Waals surface area contributed by atoms with Crippen molar-refractivity contribution in [2.75, 3.05) is 13.2 Å². The summed E-state index contributed by atoms with van der Waals surface area (Å²) in [5, 5.41) is 28.2. The van der Waals surface area contributed by atoms with Crippen LogP contribution in [0.2, 0.25) is 0 Å². The third-order valence-corrected chi connectivity index (χ3v) is 2.49. The van der Waals surface area contributed by atoms with E-state index in [9.17, 15) is 4.79 Å². The lowest BCUT2D eigenvalue weighted by molar-refractivity contribution is 0.0874. The van der Waals surface area contributed by atoms with Crippen LogP contribution in [0.1, 0.15) is 10.5 Å². The van der Waals surface area contributed by atoms with Crippen molar-refractivity contribution in [2.24, 2.45) is 0 Å². The minimum Gasteiger partial charge on any atom is -0.394 e. The fourth-order valence-corrected chi connectivity index (χ4v) is 1.46. The molecule has 0 aliphatic heterocycles. The molecule has 19 heavy (non-hydrogen) atoms. The highest BCUT2D eigenvalue weighted by Crippen LogP contribution is 2.04. The van der Waals surface area contributed by atoms with Gasteiger partial charge in [0.15, 0.2) is 5.69 Å². The lowest BCUT2D eigenvalue weighted by Crippen LogP contribution is -2.40. The Morgan fingerprint density at radius 3 is 2.58 bits per heavy atom. The number of nitrogens with zero attached hydrogens (tertiary/aromatic N) is 3. The zero-order valence-electron chi connectivity index (χ0n) is 10.1. The minimum atomic E-state index is -0.700. The van der Waals surface area contributed by atoms with E-state index in [0.29, 0.717) is 0 Å². The van der Waals surface area contributed by atoms with Gasteiger partial charge >= 0.3 is 0 Å². The van der Waals surface area contributed by atoms with Gasteiger partial charge in [0.1, 0.15) is 0 Å². The van der Waals surface area contributed by atoms with Crippen LogP contribution >= 0.6 is 0 Å². The third-order valence-electron chi connectivity index (χ3n) is 2.49. The standard InChI is InChI=1S/C12H14N4O3/c17-7-9(8-18)14-12(19)11-6-13-16(15-11)10-4-2-1-3-5-10/h1-6,9,17-18H,7-8H2,(H,14,19). The van der Waals surface area contributed by atoms with Crippen LogP contribution < -0.4 is 5.32 Å². The van der Waals surface area contributed by atoms with Crippen molar-refractivity contribution in [1.29, 1.82) is 0 Å². The molecule has 0 saturated carbocycles. The Labute approximate surface area is 109 Å². The third kappa shape index (κ3) is 3.15. The summed E-state index contributed by atoms with van der Waals surface area (Å²) in [4.78, 5) is 13.1. The lowest BCUT2D eigenvalue weighted by Gasteiger charge is -2.11. The molecule has 3 N–H and O–H groups in total. The van der Waals surface area contributed by atoms with Crippen molar-refractivity contribution < 1.29 is 15.0 Å². The van der Waals surface area contributed by atoms with Crippen LogP contribution in [0.4, 0.5) is 0 Å². The van der Waals surface area contributed by atoms with E-state index >= 15 is 0 Å². The molecule has 1 aromatic heterocycles. The predicted octanol–water partition coefficient (Wildman–Crippen LogP) is -0.650. The van der Waals surface area contributed by atoms with Gasteiger partial charge in [0.25, 0.3) is 5.91 Å². The average molecular weight is 262 g/mol. The van der Waals surface area contributed by atoms with E-state index in [1.165, 1.54) is 11.0 Å². The normalized spacial score (nSPS) is 10.7. The van der Waals surface area contributed by atoms with Gasteiger partial charge in [0, 0.05) is 0 Å². The number of hydrogen-bond donors (Lipinski definition) is 3. The van der Waals surface area contributed by atoms with E-state index < -0.39 is 11.9 Å². The number of hydrogen-bond acceptors (Lipinski definition) is 5. The molecule has 7 heteroatoms. The predicted molar refractivity (Wildman–Crippen MR) is 66.8 cm³/mol. The molecule has 0 unspecified atom stereocenters. The van der Waals surface area contributed by atoms with Crippen LogP contribution in [0, 0.1) is 0 Å². The SMILES string of the molecule is O=C(NC(CO)CO)c1cnn(-c2ccccc2)n1. The number of aliphatic hydroxyl groups excluding tert-OH is 2. The van der Waals surface area contributed by atoms with Crippen LogP contribution in [0.3, 0.4) is 0 Å². The van der Waals surface area contributed by atoms with E-state index in [4.69, 9.17) is 10.2 Å². The number of aromatic nitrogens is 3. The van der Waals surface area contributed by atoms with Crippen molar-refractivity contribution >= 4 is 5.91 Å². The van der Waals surface area contributed by atoms with Gasteiger partial charge in [-0.2, -0.15) is 9.90 Å². The number of rotatable bonds is 5. The molecule has 1 amide bonds. The van der Waals surface area contributed by atoms with E-state index in [0.717, 1.165) is 5.69 Å². The van der Waals surface area contributed by atoms with Gasteiger partial charge in [-0.25, -0.2) is 0 Å². The maximum Gasteiger partial charge on any atom is 0.273 e. The molecule has 0 bridgehead atoms. The number of carbonyl (C=O) groups excluding carboxylic acids is 1. The van der Waals surface area contributed by atoms with E-state index in [1.54, 1.807) is 0 Å². The Morgan fingerprint density at radius 2 is 1.95 bits per heavy atom. The first-order valence-electron chi connectivity index (χ1n) is 5.75. The van der Waals surface area contributed by atoms with Crippen molar-refractivity contribution in [1.82, 2.24) is 20.3 Å². The minimum absolute atomic E-state index is 0.121.